The minimum Gasteiger partial charge on any atom is -0.495 e. The van der Waals surface area contributed by atoms with Crippen molar-refractivity contribution in [1.82, 2.24) is 15.0 Å². The van der Waals surface area contributed by atoms with Gasteiger partial charge in [0.25, 0.3) is 5.91 Å². The average Bonchev–Trinajstić information content (AvgIpc) is 3.05. The van der Waals surface area contributed by atoms with Crippen LogP contribution in [0, 0.1) is 18.6 Å². The zero-order valence-electron chi connectivity index (χ0n) is 15.9. The summed E-state index contributed by atoms with van der Waals surface area (Å²) in [5.41, 5.74) is 0.778. The Morgan fingerprint density at radius 2 is 1.80 bits per heavy atom. The van der Waals surface area contributed by atoms with Gasteiger partial charge >= 0.3 is 0 Å². The van der Waals surface area contributed by atoms with Gasteiger partial charge in [0.1, 0.15) is 12.3 Å². The summed E-state index contributed by atoms with van der Waals surface area (Å²) in [7, 11) is 1.48. The standard InChI is InChI=1S/C19H16ClF2N5O3/c1-10-18(19(29)24-12-3-5-14(21)15(22)8-12)25-26-27(10)9-17(28)23-11-4-6-16(30-2)13(20)7-11/h3-8H,9H2,1-2H3,(H,23,28)(H,24,29). The number of aromatic nitrogens is 3. The topological polar surface area (TPSA) is 98.1 Å². The smallest absolute Gasteiger partial charge is 0.278 e. The summed E-state index contributed by atoms with van der Waals surface area (Å²) in [4.78, 5) is 24.6. The second kappa shape index (κ2) is 8.87. The Morgan fingerprint density at radius 3 is 2.47 bits per heavy atom. The molecule has 0 fully saturated rings. The van der Waals surface area contributed by atoms with Crippen LogP contribution in [0.25, 0.3) is 0 Å². The minimum atomic E-state index is -1.09. The fourth-order valence-electron chi connectivity index (χ4n) is 2.57. The number of nitrogens with zero attached hydrogens (tertiary/aromatic N) is 3. The first-order valence-corrected chi connectivity index (χ1v) is 8.96. The molecule has 156 valence electrons. The maximum absolute atomic E-state index is 13.3. The van der Waals surface area contributed by atoms with Gasteiger partial charge in [0, 0.05) is 17.4 Å². The van der Waals surface area contributed by atoms with Gasteiger partial charge in [-0.15, -0.1) is 5.10 Å². The number of halogens is 3. The molecule has 0 aliphatic heterocycles. The first-order valence-electron chi connectivity index (χ1n) is 8.58. The number of anilines is 2. The van der Waals surface area contributed by atoms with Crippen molar-refractivity contribution in [3.63, 3.8) is 0 Å². The molecule has 0 bridgehead atoms. The Kier molecular flexibility index (Phi) is 6.26. The number of hydrogen-bond donors (Lipinski definition) is 2. The van der Waals surface area contributed by atoms with Gasteiger partial charge in [-0.1, -0.05) is 16.8 Å². The third-order valence-corrected chi connectivity index (χ3v) is 4.40. The van der Waals surface area contributed by atoms with Crippen LogP contribution in [0.15, 0.2) is 36.4 Å². The number of nitrogens with one attached hydrogen (secondary N) is 2. The maximum Gasteiger partial charge on any atom is 0.278 e. The fourth-order valence-corrected chi connectivity index (χ4v) is 2.82. The van der Waals surface area contributed by atoms with Crippen LogP contribution in [0.4, 0.5) is 20.2 Å². The summed E-state index contributed by atoms with van der Waals surface area (Å²) in [5.74, 6) is -2.75. The van der Waals surface area contributed by atoms with Gasteiger partial charge in [-0.2, -0.15) is 0 Å². The molecule has 30 heavy (non-hydrogen) atoms. The highest BCUT2D eigenvalue weighted by Gasteiger charge is 2.19. The second-order valence-corrected chi connectivity index (χ2v) is 6.57. The molecule has 8 nitrogen and oxygen atoms in total. The van der Waals surface area contributed by atoms with Gasteiger partial charge in [0.2, 0.25) is 5.91 Å². The zero-order chi connectivity index (χ0) is 21.8. The minimum absolute atomic E-state index is 0.0555. The van der Waals surface area contributed by atoms with Gasteiger partial charge in [0.05, 0.1) is 17.8 Å². The van der Waals surface area contributed by atoms with Crippen LogP contribution >= 0.6 is 11.6 Å². The van der Waals surface area contributed by atoms with Crippen molar-refractivity contribution in [1.29, 1.82) is 0 Å². The van der Waals surface area contributed by atoms with Crippen LogP contribution in [-0.4, -0.2) is 33.9 Å². The number of methoxy groups -OCH3 is 1. The van der Waals surface area contributed by atoms with E-state index in [2.05, 4.69) is 20.9 Å². The number of carbonyl (C=O) groups excluding carboxylic acids is 2. The van der Waals surface area contributed by atoms with Crippen LogP contribution in [0.1, 0.15) is 16.2 Å². The number of hydrogen-bond acceptors (Lipinski definition) is 5. The van der Waals surface area contributed by atoms with E-state index in [9.17, 15) is 18.4 Å². The molecule has 3 aromatic rings. The molecule has 0 atom stereocenters. The van der Waals surface area contributed by atoms with E-state index in [4.69, 9.17) is 16.3 Å². The van der Waals surface area contributed by atoms with E-state index in [1.54, 1.807) is 19.1 Å². The number of rotatable bonds is 6. The Morgan fingerprint density at radius 1 is 1.10 bits per heavy atom. The highest BCUT2D eigenvalue weighted by Crippen LogP contribution is 2.27. The van der Waals surface area contributed by atoms with E-state index in [1.165, 1.54) is 23.9 Å². The SMILES string of the molecule is COc1ccc(NC(=O)Cn2nnc(C(=O)Nc3ccc(F)c(F)c3)c2C)cc1Cl. The zero-order valence-corrected chi connectivity index (χ0v) is 16.6. The van der Waals surface area contributed by atoms with Gasteiger partial charge in [-0.25, -0.2) is 13.5 Å². The van der Waals surface area contributed by atoms with Crippen molar-refractivity contribution in [3.05, 3.63) is 64.4 Å². The first kappa shape index (κ1) is 21.2. The van der Waals surface area contributed by atoms with Crippen LogP contribution in [0.3, 0.4) is 0 Å². The summed E-state index contributed by atoms with van der Waals surface area (Å²) in [5, 5.41) is 13.0. The van der Waals surface area contributed by atoms with Gasteiger partial charge < -0.3 is 15.4 Å². The molecule has 1 aromatic heterocycles. The number of amides is 2. The van der Waals surface area contributed by atoms with Gasteiger partial charge in [0.15, 0.2) is 17.3 Å². The molecule has 2 aromatic carbocycles. The Bertz CT molecular complexity index is 1120. The predicted octanol–water partition coefficient (Wildman–Crippen LogP) is 3.42. The number of ether oxygens (including phenoxy) is 1. The molecule has 2 N–H and O–H groups in total. The van der Waals surface area contributed by atoms with Crippen molar-refractivity contribution in [2.24, 2.45) is 0 Å². The lowest BCUT2D eigenvalue weighted by Crippen LogP contribution is -2.21. The lowest BCUT2D eigenvalue weighted by atomic mass is 10.2. The van der Waals surface area contributed by atoms with Crippen molar-refractivity contribution in [3.8, 4) is 5.75 Å². The normalized spacial score (nSPS) is 10.6. The van der Waals surface area contributed by atoms with E-state index < -0.39 is 23.4 Å². The molecule has 0 saturated heterocycles. The van der Waals surface area contributed by atoms with Crippen molar-refractivity contribution < 1.29 is 23.1 Å². The van der Waals surface area contributed by atoms with E-state index in [0.29, 0.717) is 22.2 Å². The first-order chi connectivity index (χ1) is 14.3. The molecular weight excluding hydrogens is 420 g/mol. The van der Waals surface area contributed by atoms with Gasteiger partial charge in [-0.05, 0) is 37.3 Å². The lowest BCUT2D eigenvalue weighted by molar-refractivity contribution is -0.117. The molecule has 0 radical (unpaired) electrons. The monoisotopic (exact) mass is 435 g/mol. The molecule has 1 heterocycles. The molecule has 0 unspecified atom stereocenters. The molecule has 11 heteroatoms. The van der Waals surface area contributed by atoms with E-state index >= 15 is 0 Å². The summed E-state index contributed by atoms with van der Waals surface area (Å²) in [6, 6.07) is 7.72. The number of carbonyl (C=O) groups is 2. The molecule has 2 amide bonds. The van der Waals surface area contributed by atoms with E-state index in [-0.39, 0.29) is 17.9 Å². The molecule has 3 rings (SSSR count). The predicted molar refractivity (Wildman–Crippen MR) is 106 cm³/mol. The third-order valence-electron chi connectivity index (χ3n) is 4.10. The summed E-state index contributed by atoms with van der Waals surface area (Å²) in [6.45, 7) is 1.35. The van der Waals surface area contributed by atoms with Crippen LogP contribution in [0.5, 0.6) is 5.75 Å². The molecule has 0 aliphatic carbocycles. The molecular formula is C19H16ClF2N5O3. The van der Waals surface area contributed by atoms with Crippen LogP contribution < -0.4 is 15.4 Å². The van der Waals surface area contributed by atoms with Crippen molar-refractivity contribution in [2.45, 2.75) is 13.5 Å². The van der Waals surface area contributed by atoms with Crippen molar-refractivity contribution in [2.75, 3.05) is 17.7 Å². The Labute approximate surface area is 174 Å². The van der Waals surface area contributed by atoms with E-state index in [1.807, 2.05) is 0 Å². The summed E-state index contributed by atoms with van der Waals surface area (Å²) >= 11 is 6.03. The Balaban J connectivity index is 1.67. The average molecular weight is 436 g/mol. The third kappa shape index (κ3) is 4.71. The maximum atomic E-state index is 13.3. The lowest BCUT2D eigenvalue weighted by Gasteiger charge is -2.09. The summed E-state index contributed by atoms with van der Waals surface area (Å²) in [6.07, 6.45) is 0. The largest absolute Gasteiger partial charge is 0.495 e. The molecule has 0 saturated carbocycles. The van der Waals surface area contributed by atoms with Crippen LogP contribution in [0.2, 0.25) is 5.02 Å². The van der Waals surface area contributed by atoms with Gasteiger partial charge in [-0.3, -0.25) is 9.59 Å². The molecule has 0 spiro atoms. The molecule has 0 aliphatic rings. The van der Waals surface area contributed by atoms with Crippen molar-refractivity contribution >= 4 is 34.8 Å². The number of benzene rings is 2. The second-order valence-electron chi connectivity index (χ2n) is 6.16. The Hall–Kier alpha value is -3.53. The quantitative estimate of drug-likeness (QED) is 0.618. The highest BCUT2D eigenvalue weighted by atomic mass is 35.5. The summed E-state index contributed by atoms with van der Waals surface area (Å²) < 4.78 is 32.6. The highest BCUT2D eigenvalue weighted by molar-refractivity contribution is 6.32. The fraction of sp³-hybridized carbons (Fsp3) is 0.158. The van der Waals surface area contributed by atoms with Crippen LogP contribution in [-0.2, 0) is 11.3 Å². The van der Waals surface area contributed by atoms with E-state index in [0.717, 1.165) is 12.1 Å².